The monoisotopic (exact) mass is 331 g/mol. The van der Waals surface area contributed by atoms with Gasteiger partial charge in [-0.05, 0) is 12.1 Å². The SMILES string of the molecule is COC(=O)C1=C(Nc2cccc(OCC#N)c2)C(=O)N(CCO)C1. The highest BCUT2D eigenvalue weighted by Gasteiger charge is 2.34. The number of hydrogen-bond donors (Lipinski definition) is 2. The molecule has 1 aromatic carbocycles. The number of hydrogen-bond acceptors (Lipinski definition) is 7. The van der Waals surface area contributed by atoms with E-state index in [2.05, 4.69) is 5.32 Å². The second-order valence-electron chi connectivity index (χ2n) is 4.90. The minimum absolute atomic E-state index is 0.0685. The van der Waals surface area contributed by atoms with E-state index >= 15 is 0 Å². The van der Waals surface area contributed by atoms with Gasteiger partial charge in [0.2, 0.25) is 0 Å². The quantitative estimate of drug-likeness (QED) is 0.689. The number of ether oxygens (including phenoxy) is 2. The summed E-state index contributed by atoms with van der Waals surface area (Å²) in [6.07, 6.45) is 0. The Morgan fingerprint density at radius 1 is 1.50 bits per heavy atom. The van der Waals surface area contributed by atoms with Crippen LogP contribution in [0, 0.1) is 11.3 Å². The van der Waals surface area contributed by atoms with Crippen LogP contribution in [0.3, 0.4) is 0 Å². The zero-order valence-electron chi connectivity index (χ0n) is 13.1. The third kappa shape index (κ3) is 3.83. The Hall–Kier alpha value is -3.05. The normalized spacial score (nSPS) is 13.7. The average Bonchev–Trinajstić information content (AvgIpc) is 2.89. The predicted octanol–water partition coefficient (Wildman–Crippen LogP) is 0.262. The number of methoxy groups -OCH3 is 1. The molecule has 0 aliphatic carbocycles. The Bertz CT molecular complexity index is 708. The summed E-state index contributed by atoms with van der Waals surface area (Å²) in [7, 11) is 1.24. The van der Waals surface area contributed by atoms with Gasteiger partial charge in [0.15, 0.2) is 6.61 Å². The number of nitrogens with zero attached hydrogens (tertiary/aromatic N) is 2. The molecular weight excluding hydrogens is 314 g/mol. The van der Waals surface area contributed by atoms with Crippen LogP contribution in [0.4, 0.5) is 5.69 Å². The van der Waals surface area contributed by atoms with Crippen molar-refractivity contribution in [2.45, 2.75) is 0 Å². The molecule has 8 heteroatoms. The summed E-state index contributed by atoms with van der Waals surface area (Å²) in [5.41, 5.74) is 0.827. The highest BCUT2D eigenvalue weighted by atomic mass is 16.5. The predicted molar refractivity (Wildman–Crippen MR) is 83.9 cm³/mol. The average molecular weight is 331 g/mol. The first kappa shape index (κ1) is 17.3. The number of nitriles is 1. The van der Waals surface area contributed by atoms with Crippen molar-refractivity contribution >= 4 is 17.6 Å². The van der Waals surface area contributed by atoms with Crippen LogP contribution in [0.25, 0.3) is 0 Å². The number of carbonyl (C=O) groups is 2. The summed E-state index contributed by atoms with van der Waals surface area (Å²) in [5.74, 6) is -0.546. The number of aliphatic hydroxyl groups excluding tert-OH is 1. The number of amides is 1. The first-order valence-corrected chi connectivity index (χ1v) is 7.19. The first-order valence-electron chi connectivity index (χ1n) is 7.19. The number of aliphatic hydroxyl groups is 1. The molecule has 0 aromatic heterocycles. The molecule has 1 heterocycles. The third-order valence-electron chi connectivity index (χ3n) is 3.36. The van der Waals surface area contributed by atoms with E-state index in [-0.39, 0.29) is 37.6 Å². The van der Waals surface area contributed by atoms with Crippen molar-refractivity contribution in [3.63, 3.8) is 0 Å². The largest absolute Gasteiger partial charge is 0.479 e. The lowest BCUT2D eigenvalue weighted by atomic mass is 10.2. The van der Waals surface area contributed by atoms with Gasteiger partial charge in [0.25, 0.3) is 5.91 Å². The van der Waals surface area contributed by atoms with Crippen LogP contribution in [-0.2, 0) is 14.3 Å². The van der Waals surface area contributed by atoms with Gasteiger partial charge in [0, 0.05) is 18.3 Å². The van der Waals surface area contributed by atoms with Gasteiger partial charge in [-0.1, -0.05) is 6.07 Å². The maximum absolute atomic E-state index is 12.4. The smallest absolute Gasteiger partial charge is 0.337 e. The van der Waals surface area contributed by atoms with Gasteiger partial charge in [-0.2, -0.15) is 5.26 Å². The van der Waals surface area contributed by atoms with Crippen molar-refractivity contribution in [3.05, 3.63) is 35.5 Å². The number of β-amino-alcohol motifs (C(OH)–C–C–N with tert-alkyl or cyclic N) is 1. The molecule has 0 unspecified atom stereocenters. The van der Waals surface area contributed by atoms with Crippen molar-refractivity contribution in [1.29, 1.82) is 5.26 Å². The Balaban J connectivity index is 2.25. The fourth-order valence-corrected chi connectivity index (χ4v) is 2.27. The summed E-state index contributed by atoms with van der Waals surface area (Å²) < 4.78 is 9.92. The van der Waals surface area contributed by atoms with Crippen LogP contribution >= 0.6 is 0 Å². The molecule has 1 aliphatic rings. The Kier molecular flexibility index (Phi) is 5.76. The van der Waals surface area contributed by atoms with Crippen molar-refractivity contribution in [1.82, 2.24) is 4.90 Å². The Morgan fingerprint density at radius 2 is 2.29 bits per heavy atom. The van der Waals surface area contributed by atoms with E-state index in [1.165, 1.54) is 12.0 Å². The van der Waals surface area contributed by atoms with Gasteiger partial charge < -0.3 is 24.8 Å². The molecule has 8 nitrogen and oxygen atoms in total. The van der Waals surface area contributed by atoms with Crippen molar-refractivity contribution < 1.29 is 24.2 Å². The van der Waals surface area contributed by atoms with Crippen molar-refractivity contribution in [3.8, 4) is 11.8 Å². The molecule has 126 valence electrons. The van der Waals surface area contributed by atoms with Crippen LogP contribution in [-0.4, -0.2) is 55.3 Å². The molecule has 24 heavy (non-hydrogen) atoms. The first-order chi connectivity index (χ1) is 11.6. The summed E-state index contributed by atoms with van der Waals surface area (Å²) in [4.78, 5) is 25.6. The molecule has 0 saturated carbocycles. The fourth-order valence-electron chi connectivity index (χ4n) is 2.27. The summed E-state index contributed by atoms with van der Waals surface area (Å²) in [5, 5.41) is 20.5. The molecule has 0 spiro atoms. The van der Waals surface area contributed by atoms with E-state index in [0.717, 1.165) is 0 Å². The van der Waals surface area contributed by atoms with Crippen LogP contribution in [0.1, 0.15) is 0 Å². The minimum atomic E-state index is -0.608. The number of carbonyl (C=O) groups excluding carboxylic acids is 2. The van der Waals surface area contributed by atoms with Crippen LogP contribution in [0.2, 0.25) is 0 Å². The summed E-state index contributed by atoms with van der Waals surface area (Å²) >= 11 is 0. The van der Waals surface area contributed by atoms with E-state index in [4.69, 9.17) is 19.8 Å². The molecule has 0 fully saturated rings. The second kappa shape index (κ2) is 7.99. The van der Waals surface area contributed by atoms with Gasteiger partial charge in [0.1, 0.15) is 17.5 Å². The molecule has 1 aromatic rings. The van der Waals surface area contributed by atoms with E-state index in [9.17, 15) is 9.59 Å². The molecule has 0 atom stereocenters. The van der Waals surface area contributed by atoms with Crippen molar-refractivity contribution in [2.24, 2.45) is 0 Å². The molecule has 1 amide bonds. The van der Waals surface area contributed by atoms with Gasteiger partial charge in [-0.25, -0.2) is 4.79 Å². The molecule has 2 rings (SSSR count). The maximum Gasteiger partial charge on any atom is 0.337 e. The van der Waals surface area contributed by atoms with Crippen LogP contribution in [0.15, 0.2) is 35.5 Å². The number of nitrogens with one attached hydrogen (secondary N) is 1. The molecule has 0 bridgehead atoms. The standard InChI is InChI=1S/C16H17N3O5/c1-23-16(22)13-10-19(6-7-20)15(21)14(13)18-11-3-2-4-12(9-11)24-8-5-17/h2-4,9,18,20H,6-8,10H2,1H3. The highest BCUT2D eigenvalue weighted by molar-refractivity contribution is 6.08. The van der Waals surface area contributed by atoms with E-state index in [0.29, 0.717) is 11.4 Å². The minimum Gasteiger partial charge on any atom is -0.479 e. The molecule has 0 radical (unpaired) electrons. The Morgan fingerprint density at radius 3 is 2.96 bits per heavy atom. The molecule has 0 saturated heterocycles. The number of rotatable bonds is 7. The molecular formula is C16H17N3O5. The maximum atomic E-state index is 12.4. The summed E-state index contributed by atoms with van der Waals surface area (Å²) in [6.45, 7) is -0.109. The van der Waals surface area contributed by atoms with Gasteiger partial charge >= 0.3 is 5.97 Å². The lowest BCUT2D eigenvalue weighted by molar-refractivity contribution is -0.136. The van der Waals surface area contributed by atoms with E-state index in [1.807, 2.05) is 6.07 Å². The highest BCUT2D eigenvalue weighted by Crippen LogP contribution is 2.24. The van der Waals surface area contributed by atoms with Crippen molar-refractivity contribution in [2.75, 3.05) is 38.7 Å². The lowest BCUT2D eigenvalue weighted by Gasteiger charge is -2.15. The topological polar surface area (TPSA) is 112 Å². The molecule has 1 aliphatic heterocycles. The lowest BCUT2D eigenvalue weighted by Crippen LogP contribution is -2.31. The zero-order chi connectivity index (χ0) is 17.5. The number of anilines is 1. The molecule has 2 N–H and O–H groups in total. The summed E-state index contributed by atoms with van der Waals surface area (Å²) in [6, 6.07) is 8.54. The number of esters is 1. The number of benzene rings is 1. The fraction of sp³-hybridized carbons (Fsp3) is 0.312. The second-order valence-corrected chi connectivity index (χ2v) is 4.90. The van der Waals surface area contributed by atoms with E-state index < -0.39 is 11.9 Å². The van der Waals surface area contributed by atoms with Crippen LogP contribution < -0.4 is 10.1 Å². The van der Waals surface area contributed by atoms with E-state index in [1.54, 1.807) is 24.3 Å². The van der Waals surface area contributed by atoms with Gasteiger partial charge in [0.05, 0.1) is 25.8 Å². The zero-order valence-corrected chi connectivity index (χ0v) is 13.1. The Labute approximate surface area is 138 Å². The third-order valence-corrected chi connectivity index (χ3v) is 3.36. The van der Waals surface area contributed by atoms with Gasteiger partial charge in [-0.3, -0.25) is 4.79 Å². The van der Waals surface area contributed by atoms with Crippen LogP contribution in [0.5, 0.6) is 5.75 Å². The van der Waals surface area contributed by atoms with Gasteiger partial charge in [-0.15, -0.1) is 0 Å².